The van der Waals surface area contributed by atoms with Gasteiger partial charge in [-0.15, -0.1) is 0 Å². The second-order valence-electron chi connectivity index (χ2n) is 7.02. The number of fused-ring (bicyclic) bond motifs is 2. The van der Waals surface area contributed by atoms with Crippen LogP contribution in [0.5, 0.6) is 5.75 Å². The third kappa shape index (κ3) is 3.10. The van der Waals surface area contributed by atoms with Gasteiger partial charge in [-0.3, -0.25) is 4.79 Å². The van der Waals surface area contributed by atoms with Crippen molar-refractivity contribution >= 4 is 33.8 Å². The molecular formula is C23H18N6O2. The maximum absolute atomic E-state index is 11.7. The molecule has 3 heterocycles. The van der Waals surface area contributed by atoms with Gasteiger partial charge in [0, 0.05) is 16.3 Å². The Kier molecular flexibility index (Phi) is 4.25. The van der Waals surface area contributed by atoms with Crippen LogP contribution in [0.3, 0.4) is 0 Å². The summed E-state index contributed by atoms with van der Waals surface area (Å²) in [7, 11) is 1.62. The average Bonchev–Trinajstić information content (AvgIpc) is 3.16. The van der Waals surface area contributed by atoms with E-state index in [1.807, 2.05) is 60.7 Å². The number of hydrogen-bond acceptors (Lipinski definition) is 6. The molecule has 4 N–H and O–H groups in total. The highest BCUT2D eigenvalue weighted by Gasteiger charge is 2.18. The molecule has 0 unspecified atom stereocenters. The van der Waals surface area contributed by atoms with Gasteiger partial charge in [-0.1, -0.05) is 18.2 Å². The van der Waals surface area contributed by atoms with Crippen molar-refractivity contribution in [3.63, 3.8) is 0 Å². The first-order chi connectivity index (χ1) is 15.0. The van der Waals surface area contributed by atoms with Gasteiger partial charge in [-0.2, -0.15) is 5.10 Å². The summed E-state index contributed by atoms with van der Waals surface area (Å²) in [6.45, 7) is 0. The molecule has 0 fully saturated rings. The number of methoxy groups -OCH3 is 1. The van der Waals surface area contributed by atoms with Crippen molar-refractivity contribution in [2.45, 2.75) is 0 Å². The number of primary amides is 1. The Hall–Kier alpha value is -4.46. The Bertz CT molecular complexity index is 1440. The van der Waals surface area contributed by atoms with Crippen molar-refractivity contribution in [2.75, 3.05) is 12.8 Å². The Labute approximate surface area is 177 Å². The van der Waals surface area contributed by atoms with Gasteiger partial charge in [0.05, 0.1) is 18.4 Å². The molecule has 0 aliphatic rings. The predicted octanol–water partition coefficient (Wildman–Crippen LogP) is 3.33. The molecule has 152 valence electrons. The zero-order valence-corrected chi connectivity index (χ0v) is 16.6. The molecule has 0 atom stereocenters. The topological polar surface area (TPSA) is 122 Å². The van der Waals surface area contributed by atoms with E-state index in [4.69, 9.17) is 26.3 Å². The van der Waals surface area contributed by atoms with E-state index >= 15 is 0 Å². The molecule has 0 saturated heterocycles. The molecule has 5 aromatic rings. The van der Waals surface area contributed by atoms with E-state index in [2.05, 4.69) is 4.98 Å². The number of carbonyl (C=O) groups is 1. The number of hydrogen-bond donors (Lipinski definition) is 2. The van der Waals surface area contributed by atoms with Crippen LogP contribution in [0.1, 0.15) is 10.4 Å². The highest BCUT2D eigenvalue weighted by Crippen LogP contribution is 2.32. The minimum Gasteiger partial charge on any atom is -0.497 e. The van der Waals surface area contributed by atoms with Crippen LogP contribution in [0.15, 0.2) is 66.7 Å². The zero-order valence-electron chi connectivity index (χ0n) is 16.6. The lowest BCUT2D eigenvalue weighted by molar-refractivity contribution is 0.100. The SMILES string of the molecule is COc1ccc(-c2nn(-c3ccccc3)c3nc4nc(N)c(C(N)=O)cc4cc23)cc1. The molecule has 0 bridgehead atoms. The maximum atomic E-state index is 11.7. The van der Waals surface area contributed by atoms with Crippen LogP contribution in [-0.2, 0) is 0 Å². The summed E-state index contributed by atoms with van der Waals surface area (Å²) < 4.78 is 7.04. The third-order valence-corrected chi connectivity index (χ3v) is 5.10. The number of amides is 1. The van der Waals surface area contributed by atoms with Crippen LogP contribution in [-0.4, -0.2) is 32.8 Å². The summed E-state index contributed by atoms with van der Waals surface area (Å²) in [4.78, 5) is 20.7. The number of ether oxygens (including phenoxy) is 1. The third-order valence-electron chi connectivity index (χ3n) is 5.10. The molecule has 8 heteroatoms. The number of nitrogens with zero attached hydrogens (tertiary/aromatic N) is 4. The summed E-state index contributed by atoms with van der Waals surface area (Å²) in [5.41, 5.74) is 15.1. The molecule has 0 aliphatic heterocycles. The summed E-state index contributed by atoms with van der Waals surface area (Å²) in [5.74, 6) is 0.167. The van der Waals surface area contributed by atoms with Crippen LogP contribution in [0, 0.1) is 0 Å². The number of benzene rings is 2. The molecule has 5 rings (SSSR count). The van der Waals surface area contributed by atoms with Gasteiger partial charge < -0.3 is 16.2 Å². The fourth-order valence-corrected chi connectivity index (χ4v) is 3.55. The Morgan fingerprint density at radius 3 is 2.42 bits per heavy atom. The van der Waals surface area contributed by atoms with Crippen molar-refractivity contribution in [1.82, 2.24) is 19.7 Å². The molecule has 0 aliphatic carbocycles. The van der Waals surface area contributed by atoms with Crippen LogP contribution >= 0.6 is 0 Å². The zero-order chi connectivity index (χ0) is 21.5. The van der Waals surface area contributed by atoms with Gasteiger partial charge >= 0.3 is 0 Å². The summed E-state index contributed by atoms with van der Waals surface area (Å²) >= 11 is 0. The monoisotopic (exact) mass is 410 g/mol. The van der Waals surface area contributed by atoms with Crippen molar-refractivity contribution in [2.24, 2.45) is 5.73 Å². The fourth-order valence-electron chi connectivity index (χ4n) is 3.55. The highest BCUT2D eigenvalue weighted by molar-refractivity contribution is 6.03. The van der Waals surface area contributed by atoms with E-state index in [-0.39, 0.29) is 11.4 Å². The first kappa shape index (κ1) is 18.6. The van der Waals surface area contributed by atoms with Crippen molar-refractivity contribution in [3.05, 3.63) is 72.3 Å². The quantitative estimate of drug-likeness (QED) is 0.469. The van der Waals surface area contributed by atoms with Crippen molar-refractivity contribution in [3.8, 4) is 22.7 Å². The van der Waals surface area contributed by atoms with Gasteiger partial charge in [0.1, 0.15) is 17.3 Å². The van der Waals surface area contributed by atoms with E-state index in [1.165, 1.54) is 0 Å². The number of anilines is 1. The van der Waals surface area contributed by atoms with Gasteiger partial charge in [-0.25, -0.2) is 14.6 Å². The van der Waals surface area contributed by atoms with Crippen LogP contribution in [0.4, 0.5) is 5.82 Å². The molecule has 31 heavy (non-hydrogen) atoms. The Balaban J connectivity index is 1.83. The lowest BCUT2D eigenvalue weighted by Crippen LogP contribution is -2.14. The average molecular weight is 410 g/mol. The lowest BCUT2D eigenvalue weighted by Gasteiger charge is -2.05. The molecule has 0 saturated carbocycles. The molecule has 3 aromatic heterocycles. The Morgan fingerprint density at radius 2 is 1.74 bits per heavy atom. The van der Waals surface area contributed by atoms with Crippen LogP contribution < -0.4 is 16.2 Å². The number of pyridine rings is 2. The van der Waals surface area contributed by atoms with Gasteiger partial charge in [-0.05, 0) is 48.5 Å². The predicted molar refractivity (Wildman–Crippen MR) is 119 cm³/mol. The molecule has 2 aromatic carbocycles. The smallest absolute Gasteiger partial charge is 0.252 e. The van der Waals surface area contributed by atoms with E-state index in [0.29, 0.717) is 16.7 Å². The summed E-state index contributed by atoms with van der Waals surface area (Å²) in [6, 6.07) is 20.9. The first-order valence-corrected chi connectivity index (χ1v) is 9.55. The van der Waals surface area contributed by atoms with E-state index < -0.39 is 5.91 Å². The highest BCUT2D eigenvalue weighted by atomic mass is 16.5. The molecular weight excluding hydrogens is 392 g/mol. The standard InChI is InChI=1S/C23H18N6O2/c1-31-16-9-7-13(8-10-16)19-17-11-14-12-18(21(25)30)20(24)26-22(14)27-23(17)29(28-19)15-5-3-2-4-6-15/h2-12H,1H3,(H2,25,30)(H2,24,26,27). The first-order valence-electron chi connectivity index (χ1n) is 9.55. The van der Waals surface area contributed by atoms with Gasteiger partial charge in [0.2, 0.25) is 0 Å². The largest absolute Gasteiger partial charge is 0.497 e. The molecule has 1 amide bonds. The Morgan fingerprint density at radius 1 is 1.00 bits per heavy atom. The van der Waals surface area contributed by atoms with Crippen molar-refractivity contribution < 1.29 is 9.53 Å². The normalized spacial score (nSPS) is 11.1. The minimum absolute atomic E-state index is 0.0491. The lowest BCUT2D eigenvalue weighted by atomic mass is 10.1. The van der Waals surface area contributed by atoms with E-state index in [1.54, 1.807) is 17.9 Å². The number of carbonyl (C=O) groups excluding carboxylic acids is 1. The van der Waals surface area contributed by atoms with E-state index in [0.717, 1.165) is 28.1 Å². The van der Waals surface area contributed by atoms with E-state index in [9.17, 15) is 4.79 Å². The number of para-hydroxylation sites is 1. The van der Waals surface area contributed by atoms with Gasteiger partial charge in [0.25, 0.3) is 5.91 Å². The summed E-state index contributed by atoms with van der Waals surface area (Å²) in [6.07, 6.45) is 0. The van der Waals surface area contributed by atoms with Gasteiger partial charge in [0.15, 0.2) is 11.3 Å². The number of nitrogen functional groups attached to an aromatic ring is 1. The fraction of sp³-hybridized carbons (Fsp3) is 0.0435. The number of aromatic nitrogens is 4. The van der Waals surface area contributed by atoms with Crippen LogP contribution in [0.25, 0.3) is 39.0 Å². The molecule has 8 nitrogen and oxygen atoms in total. The van der Waals surface area contributed by atoms with Crippen molar-refractivity contribution in [1.29, 1.82) is 0 Å². The summed E-state index contributed by atoms with van der Waals surface area (Å²) in [5, 5.41) is 6.31. The minimum atomic E-state index is -0.637. The van der Waals surface area contributed by atoms with Crippen LogP contribution in [0.2, 0.25) is 0 Å². The number of nitrogens with two attached hydrogens (primary N) is 2. The number of rotatable bonds is 4. The second kappa shape index (κ2) is 7.10. The second-order valence-corrected chi connectivity index (χ2v) is 7.02. The molecule has 0 radical (unpaired) electrons. The molecule has 0 spiro atoms. The maximum Gasteiger partial charge on any atom is 0.252 e.